The summed E-state index contributed by atoms with van der Waals surface area (Å²) in [6.45, 7) is 0. The molecule has 0 fully saturated rings. The minimum absolute atomic E-state index is 0.0288. The molecule has 0 amide bonds. The quantitative estimate of drug-likeness (QED) is 0.667. The van der Waals surface area contributed by atoms with Crippen molar-refractivity contribution >= 4 is 44.1 Å². The Labute approximate surface area is 127 Å². The first-order valence-corrected chi connectivity index (χ1v) is 7.55. The van der Waals surface area contributed by atoms with Crippen LogP contribution in [0.4, 0.5) is 0 Å². The molecule has 1 aromatic carbocycles. The Morgan fingerprint density at radius 3 is 2.45 bits per heavy atom. The fraction of sp³-hybridized carbons (Fsp3) is 0.143. The SMILES string of the molecule is Cn1c(=O)n(C)c2cc(C(=O)c3ccc(Br)s3)ccc21. The molecule has 0 saturated heterocycles. The molecule has 6 heteroatoms. The summed E-state index contributed by atoms with van der Waals surface area (Å²) in [5.41, 5.74) is 2.08. The molecule has 0 bridgehead atoms. The molecular weight excluding hydrogens is 340 g/mol. The van der Waals surface area contributed by atoms with Gasteiger partial charge in [-0.25, -0.2) is 4.79 Å². The number of thiophene rings is 1. The summed E-state index contributed by atoms with van der Waals surface area (Å²) in [7, 11) is 3.43. The molecular formula is C14H11BrN2O2S. The largest absolute Gasteiger partial charge is 0.328 e. The van der Waals surface area contributed by atoms with E-state index in [1.54, 1.807) is 41.4 Å². The third-order valence-electron chi connectivity index (χ3n) is 3.33. The third kappa shape index (κ3) is 1.96. The predicted molar refractivity (Wildman–Crippen MR) is 83.6 cm³/mol. The lowest BCUT2D eigenvalue weighted by Crippen LogP contribution is -2.19. The maximum absolute atomic E-state index is 12.4. The molecule has 102 valence electrons. The smallest absolute Gasteiger partial charge is 0.295 e. The van der Waals surface area contributed by atoms with Crippen LogP contribution < -0.4 is 5.69 Å². The zero-order valence-corrected chi connectivity index (χ0v) is 13.3. The summed E-state index contributed by atoms with van der Waals surface area (Å²) in [5, 5.41) is 0. The first-order valence-electron chi connectivity index (χ1n) is 5.94. The van der Waals surface area contributed by atoms with Crippen molar-refractivity contribution in [2.45, 2.75) is 0 Å². The van der Waals surface area contributed by atoms with Crippen LogP contribution in [0.5, 0.6) is 0 Å². The maximum atomic E-state index is 12.4. The number of hydrogen-bond acceptors (Lipinski definition) is 3. The van der Waals surface area contributed by atoms with E-state index in [4.69, 9.17) is 0 Å². The number of fused-ring (bicyclic) bond motifs is 1. The predicted octanol–water partition coefficient (Wildman–Crippen LogP) is 2.93. The van der Waals surface area contributed by atoms with Crippen molar-refractivity contribution in [3.05, 3.63) is 55.0 Å². The lowest BCUT2D eigenvalue weighted by atomic mass is 10.1. The fourth-order valence-electron chi connectivity index (χ4n) is 2.23. The van der Waals surface area contributed by atoms with Gasteiger partial charge in [0.25, 0.3) is 0 Å². The summed E-state index contributed by atoms with van der Waals surface area (Å²) < 4.78 is 4.05. The second-order valence-corrected chi connectivity index (χ2v) is 7.00. The second kappa shape index (κ2) is 4.71. The van der Waals surface area contributed by atoms with Crippen molar-refractivity contribution in [1.82, 2.24) is 9.13 Å². The molecule has 0 unspecified atom stereocenters. The zero-order chi connectivity index (χ0) is 14.4. The minimum Gasteiger partial charge on any atom is -0.295 e. The summed E-state index contributed by atoms with van der Waals surface area (Å²) in [5.74, 6) is -0.0288. The molecule has 3 aromatic rings. The monoisotopic (exact) mass is 350 g/mol. The second-order valence-electron chi connectivity index (χ2n) is 4.54. The molecule has 0 radical (unpaired) electrons. The van der Waals surface area contributed by atoms with E-state index in [1.165, 1.54) is 11.3 Å². The standard InChI is InChI=1S/C14H11BrN2O2S/c1-16-9-4-3-8(7-10(9)17(2)14(16)19)13(18)11-5-6-12(15)20-11/h3-7H,1-2H3. The van der Waals surface area contributed by atoms with Crippen LogP contribution in [0.3, 0.4) is 0 Å². The Morgan fingerprint density at radius 2 is 1.80 bits per heavy atom. The van der Waals surface area contributed by atoms with Crippen LogP contribution in [0.2, 0.25) is 0 Å². The Kier molecular flexibility index (Phi) is 3.14. The molecule has 2 heterocycles. The van der Waals surface area contributed by atoms with E-state index in [0.717, 1.165) is 14.8 Å². The number of nitrogens with zero attached hydrogens (tertiary/aromatic N) is 2. The highest BCUT2D eigenvalue weighted by molar-refractivity contribution is 9.11. The molecule has 0 N–H and O–H groups in total. The molecule has 3 rings (SSSR count). The summed E-state index contributed by atoms with van der Waals surface area (Å²) in [6.07, 6.45) is 0. The van der Waals surface area contributed by atoms with Crippen molar-refractivity contribution < 1.29 is 4.79 Å². The van der Waals surface area contributed by atoms with Gasteiger partial charge in [0.2, 0.25) is 5.78 Å². The van der Waals surface area contributed by atoms with Gasteiger partial charge >= 0.3 is 5.69 Å². The highest BCUT2D eigenvalue weighted by Crippen LogP contribution is 2.25. The van der Waals surface area contributed by atoms with Crippen LogP contribution in [0.1, 0.15) is 15.2 Å². The highest BCUT2D eigenvalue weighted by atomic mass is 79.9. The lowest BCUT2D eigenvalue weighted by molar-refractivity contribution is 0.104. The summed E-state index contributed by atoms with van der Waals surface area (Å²) in [4.78, 5) is 25.0. The van der Waals surface area contributed by atoms with Crippen LogP contribution in [-0.2, 0) is 14.1 Å². The Morgan fingerprint density at radius 1 is 1.10 bits per heavy atom. The average molecular weight is 351 g/mol. The molecule has 4 nitrogen and oxygen atoms in total. The van der Waals surface area contributed by atoms with Gasteiger partial charge in [0.05, 0.1) is 19.7 Å². The molecule has 0 aliphatic rings. The fourth-order valence-corrected chi connectivity index (χ4v) is 3.57. The van der Waals surface area contributed by atoms with Gasteiger partial charge in [0.1, 0.15) is 0 Å². The van der Waals surface area contributed by atoms with Gasteiger partial charge in [-0.2, -0.15) is 0 Å². The minimum atomic E-state index is -0.0940. The van der Waals surface area contributed by atoms with Crippen molar-refractivity contribution in [3.63, 3.8) is 0 Å². The van der Waals surface area contributed by atoms with Gasteiger partial charge in [-0.3, -0.25) is 13.9 Å². The summed E-state index contributed by atoms with van der Waals surface area (Å²) in [6, 6.07) is 9.00. The molecule has 2 aromatic heterocycles. The topological polar surface area (TPSA) is 44.0 Å². The number of imidazole rings is 1. The molecule has 20 heavy (non-hydrogen) atoms. The number of ketones is 1. The lowest BCUT2D eigenvalue weighted by Gasteiger charge is -2.00. The number of hydrogen-bond donors (Lipinski definition) is 0. The first-order chi connectivity index (χ1) is 9.49. The van der Waals surface area contributed by atoms with Gasteiger partial charge in [-0.15, -0.1) is 11.3 Å². The number of halogens is 1. The average Bonchev–Trinajstić information content (AvgIpc) is 2.97. The number of rotatable bonds is 2. The maximum Gasteiger partial charge on any atom is 0.328 e. The van der Waals surface area contributed by atoms with E-state index < -0.39 is 0 Å². The van der Waals surface area contributed by atoms with Crippen LogP contribution in [0, 0.1) is 0 Å². The number of carbonyl (C=O) groups excluding carboxylic acids is 1. The van der Waals surface area contributed by atoms with E-state index in [1.807, 2.05) is 12.1 Å². The van der Waals surface area contributed by atoms with E-state index >= 15 is 0 Å². The van der Waals surface area contributed by atoms with Crippen molar-refractivity contribution in [2.24, 2.45) is 14.1 Å². The van der Waals surface area contributed by atoms with E-state index in [-0.39, 0.29) is 11.5 Å². The molecule has 0 spiro atoms. The van der Waals surface area contributed by atoms with Gasteiger partial charge < -0.3 is 0 Å². The molecule has 0 saturated carbocycles. The van der Waals surface area contributed by atoms with Crippen molar-refractivity contribution in [1.29, 1.82) is 0 Å². The number of aromatic nitrogens is 2. The van der Waals surface area contributed by atoms with Crippen LogP contribution in [0.25, 0.3) is 11.0 Å². The Balaban J connectivity index is 2.16. The van der Waals surface area contributed by atoms with Crippen LogP contribution in [-0.4, -0.2) is 14.9 Å². The molecule has 0 atom stereocenters. The zero-order valence-electron chi connectivity index (χ0n) is 10.9. The van der Waals surface area contributed by atoms with E-state index in [0.29, 0.717) is 10.4 Å². The number of aryl methyl sites for hydroxylation is 2. The van der Waals surface area contributed by atoms with Crippen LogP contribution in [0.15, 0.2) is 38.9 Å². The van der Waals surface area contributed by atoms with E-state index in [9.17, 15) is 9.59 Å². The van der Waals surface area contributed by atoms with Crippen molar-refractivity contribution in [3.8, 4) is 0 Å². The first kappa shape index (κ1) is 13.3. The molecule has 0 aliphatic heterocycles. The summed E-state index contributed by atoms with van der Waals surface area (Å²) >= 11 is 4.76. The Hall–Kier alpha value is -1.66. The number of carbonyl (C=O) groups is 1. The van der Waals surface area contributed by atoms with Crippen molar-refractivity contribution in [2.75, 3.05) is 0 Å². The van der Waals surface area contributed by atoms with Gasteiger partial charge in [0, 0.05) is 19.7 Å². The van der Waals surface area contributed by atoms with Gasteiger partial charge in [-0.1, -0.05) is 0 Å². The Bertz CT molecular complexity index is 888. The van der Waals surface area contributed by atoms with Crippen LogP contribution >= 0.6 is 27.3 Å². The normalized spacial score (nSPS) is 11.2. The third-order valence-corrected chi connectivity index (χ3v) is 4.95. The van der Waals surface area contributed by atoms with Gasteiger partial charge in [0.15, 0.2) is 0 Å². The van der Waals surface area contributed by atoms with Gasteiger partial charge in [-0.05, 0) is 46.3 Å². The van der Waals surface area contributed by atoms with E-state index in [2.05, 4.69) is 15.9 Å². The molecule has 0 aliphatic carbocycles. The highest BCUT2D eigenvalue weighted by Gasteiger charge is 2.14. The number of benzene rings is 1.